The maximum atomic E-state index is 12.4. The summed E-state index contributed by atoms with van der Waals surface area (Å²) in [6.45, 7) is 0. The standard InChI is InChI=1S/C21H15N3O3S/c25-20(13-14-6-1-3-10-18(14)24(26)27)22-16-8-5-7-15(12-16)21-23-17-9-2-4-11-19(17)28-21/h1-12H,13H2,(H,22,25). The molecule has 0 spiro atoms. The summed E-state index contributed by atoms with van der Waals surface area (Å²) >= 11 is 1.59. The lowest BCUT2D eigenvalue weighted by atomic mass is 10.1. The molecule has 1 amide bonds. The van der Waals surface area contributed by atoms with Crippen LogP contribution in [0.25, 0.3) is 20.8 Å². The van der Waals surface area contributed by atoms with Gasteiger partial charge in [0.25, 0.3) is 5.69 Å². The highest BCUT2D eigenvalue weighted by Gasteiger charge is 2.16. The van der Waals surface area contributed by atoms with Crippen molar-refractivity contribution >= 4 is 38.8 Å². The molecule has 6 nitrogen and oxygen atoms in total. The molecule has 0 aliphatic carbocycles. The molecule has 0 aliphatic rings. The highest BCUT2D eigenvalue weighted by atomic mass is 32.1. The lowest BCUT2D eigenvalue weighted by molar-refractivity contribution is -0.385. The summed E-state index contributed by atoms with van der Waals surface area (Å²) in [6, 6.07) is 21.6. The number of hydrogen-bond donors (Lipinski definition) is 1. The third kappa shape index (κ3) is 3.74. The summed E-state index contributed by atoms with van der Waals surface area (Å²) in [5, 5.41) is 14.8. The Hall–Kier alpha value is -3.58. The van der Waals surface area contributed by atoms with Crippen LogP contribution in [-0.2, 0) is 11.2 Å². The van der Waals surface area contributed by atoms with E-state index in [0.29, 0.717) is 11.3 Å². The number of aromatic nitrogens is 1. The van der Waals surface area contributed by atoms with Gasteiger partial charge >= 0.3 is 0 Å². The number of fused-ring (bicyclic) bond motifs is 1. The lowest BCUT2D eigenvalue weighted by Crippen LogP contribution is -2.15. The highest BCUT2D eigenvalue weighted by molar-refractivity contribution is 7.21. The first-order chi connectivity index (χ1) is 13.6. The predicted octanol–water partition coefficient (Wildman–Crippen LogP) is 5.05. The number of para-hydroxylation sites is 2. The minimum atomic E-state index is -0.476. The Morgan fingerprint density at radius 3 is 2.64 bits per heavy atom. The van der Waals surface area contributed by atoms with Crippen LogP contribution in [0.2, 0.25) is 0 Å². The van der Waals surface area contributed by atoms with Crippen LogP contribution < -0.4 is 5.32 Å². The molecule has 138 valence electrons. The van der Waals surface area contributed by atoms with Crippen molar-refractivity contribution in [3.8, 4) is 10.6 Å². The highest BCUT2D eigenvalue weighted by Crippen LogP contribution is 2.31. The molecule has 0 bridgehead atoms. The zero-order valence-corrected chi connectivity index (χ0v) is 15.5. The largest absolute Gasteiger partial charge is 0.326 e. The predicted molar refractivity (Wildman–Crippen MR) is 110 cm³/mol. The average Bonchev–Trinajstić information content (AvgIpc) is 3.13. The monoisotopic (exact) mass is 389 g/mol. The number of benzene rings is 3. The molecule has 0 saturated heterocycles. The molecular formula is C21H15N3O3S. The molecule has 4 rings (SSSR count). The quantitative estimate of drug-likeness (QED) is 0.382. The molecule has 0 unspecified atom stereocenters. The van der Waals surface area contributed by atoms with Crippen LogP contribution in [0.3, 0.4) is 0 Å². The van der Waals surface area contributed by atoms with E-state index in [-0.39, 0.29) is 18.0 Å². The van der Waals surface area contributed by atoms with Crippen LogP contribution in [0.1, 0.15) is 5.56 Å². The van der Waals surface area contributed by atoms with Crippen molar-refractivity contribution in [1.82, 2.24) is 4.98 Å². The van der Waals surface area contributed by atoms with Crippen molar-refractivity contribution in [2.45, 2.75) is 6.42 Å². The summed E-state index contributed by atoms with van der Waals surface area (Å²) in [5.41, 5.74) is 2.80. The molecular weight excluding hydrogens is 374 g/mol. The van der Waals surface area contributed by atoms with Crippen molar-refractivity contribution in [3.63, 3.8) is 0 Å². The smallest absolute Gasteiger partial charge is 0.273 e. The number of nitrogens with one attached hydrogen (secondary N) is 1. The molecule has 0 saturated carbocycles. The van der Waals surface area contributed by atoms with Crippen LogP contribution in [0.15, 0.2) is 72.8 Å². The van der Waals surface area contributed by atoms with E-state index in [4.69, 9.17) is 0 Å². The van der Waals surface area contributed by atoms with Crippen molar-refractivity contribution in [1.29, 1.82) is 0 Å². The van der Waals surface area contributed by atoms with Gasteiger partial charge in [-0.25, -0.2) is 4.98 Å². The second-order valence-corrected chi connectivity index (χ2v) is 7.21. The number of carbonyl (C=O) groups is 1. The van der Waals surface area contributed by atoms with Gasteiger partial charge in [0.15, 0.2) is 0 Å². The molecule has 0 radical (unpaired) electrons. The average molecular weight is 389 g/mol. The number of rotatable bonds is 5. The van der Waals surface area contributed by atoms with Gasteiger partial charge in [-0.15, -0.1) is 11.3 Å². The van der Waals surface area contributed by atoms with Crippen molar-refractivity contribution in [2.75, 3.05) is 5.32 Å². The van der Waals surface area contributed by atoms with Gasteiger partial charge in [-0.1, -0.05) is 42.5 Å². The van der Waals surface area contributed by atoms with Crippen molar-refractivity contribution < 1.29 is 9.72 Å². The first kappa shape index (κ1) is 17.8. The van der Waals surface area contributed by atoms with Gasteiger partial charge in [0.05, 0.1) is 21.6 Å². The summed E-state index contributed by atoms with van der Waals surface area (Å²) in [4.78, 5) is 27.7. The Kier molecular flexibility index (Phi) is 4.82. The SMILES string of the molecule is O=C(Cc1ccccc1[N+](=O)[O-])Nc1cccc(-c2nc3ccccc3s2)c1. The van der Waals surface area contributed by atoms with Crippen LogP contribution in [0.5, 0.6) is 0 Å². The van der Waals surface area contributed by atoms with E-state index in [1.165, 1.54) is 6.07 Å². The molecule has 0 atom stereocenters. The topological polar surface area (TPSA) is 85.1 Å². The van der Waals surface area contributed by atoms with Crippen molar-refractivity contribution in [2.24, 2.45) is 0 Å². The Morgan fingerprint density at radius 2 is 1.82 bits per heavy atom. The zero-order chi connectivity index (χ0) is 19.5. The first-order valence-corrected chi connectivity index (χ1v) is 9.40. The minimum Gasteiger partial charge on any atom is -0.326 e. The van der Waals surface area contributed by atoms with E-state index in [9.17, 15) is 14.9 Å². The Morgan fingerprint density at radius 1 is 1.04 bits per heavy atom. The van der Waals surface area contributed by atoms with Gasteiger partial charge in [0.1, 0.15) is 5.01 Å². The van der Waals surface area contributed by atoms with Crippen LogP contribution in [0, 0.1) is 10.1 Å². The number of nitro groups is 1. The fourth-order valence-corrected chi connectivity index (χ4v) is 3.90. The van der Waals surface area contributed by atoms with Crippen molar-refractivity contribution in [3.05, 3.63) is 88.5 Å². The van der Waals surface area contributed by atoms with Crippen LogP contribution in [-0.4, -0.2) is 15.8 Å². The van der Waals surface area contributed by atoms with E-state index in [2.05, 4.69) is 10.3 Å². The number of anilines is 1. The molecule has 1 N–H and O–H groups in total. The number of carbonyl (C=O) groups excluding carboxylic acids is 1. The molecule has 1 heterocycles. The van der Waals surface area contributed by atoms with Gasteiger partial charge in [-0.2, -0.15) is 0 Å². The van der Waals surface area contributed by atoms with Gasteiger partial charge in [-0.3, -0.25) is 14.9 Å². The zero-order valence-electron chi connectivity index (χ0n) is 14.7. The summed E-state index contributed by atoms with van der Waals surface area (Å²) < 4.78 is 1.10. The molecule has 3 aromatic carbocycles. The van der Waals surface area contributed by atoms with Crippen LogP contribution >= 0.6 is 11.3 Å². The lowest BCUT2D eigenvalue weighted by Gasteiger charge is -2.07. The molecule has 1 aromatic heterocycles. The molecule has 28 heavy (non-hydrogen) atoms. The fraction of sp³-hybridized carbons (Fsp3) is 0.0476. The van der Waals surface area contributed by atoms with Gasteiger partial charge < -0.3 is 5.32 Å². The summed E-state index contributed by atoms with van der Waals surface area (Å²) in [6.07, 6.45) is -0.0669. The maximum Gasteiger partial charge on any atom is 0.273 e. The molecule has 7 heteroatoms. The number of hydrogen-bond acceptors (Lipinski definition) is 5. The number of amides is 1. The minimum absolute atomic E-state index is 0.0547. The molecule has 0 aliphatic heterocycles. The van der Waals surface area contributed by atoms with Gasteiger partial charge in [0.2, 0.25) is 5.91 Å². The first-order valence-electron chi connectivity index (χ1n) is 8.58. The number of nitro benzene ring substituents is 1. The Balaban J connectivity index is 1.54. The fourth-order valence-electron chi connectivity index (χ4n) is 2.94. The summed E-state index contributed by atoms with van der Waals surface area (Å²) in [7, 11) is 0. The Labute approximate surface area is 164 Å². The van der Waals surface area contributed by atoms with E-state index in [1.807, 2.05) is 42.5 Å². The van der Waals surface area contributed by atoms with E-state index >= 15 is 0 Å². The summed E-state index contributed by atoms with van der Waals surface area (Å²) in [5.74, 6) is -0.309. The molecule has 4 aromatic rings. The third-order valence-corrected chi connectivity index (χ3v) is 5.31. The second-order valence-electron chi connectivity index (χ2n) is 6.18. The van der Waals surface area contributed by atoms with Gasteiger partial charge in [-0.05, 0) is 24.3 Å². The van der Waals surface area contributed by atoms with E-state index in [0.717, 1.165) is 20.8 Å². The van der Waals surface area contributed by atoms with E-state index in [1.54, 1.807) is 35.6 Å². The number of thiazole rings is 1. The second kappa shape index (κ2) is 7.58. The maximum absolute atomic E-state index is 12.4. The normalized spacial score (nSPS) is 10.7. The number of nitrogens with zero attached hydrogens (tertiary/aromatic N) is 2. The van der Waals surface area contributed by atoms with Crippen LogP contribution in [0.4, 0.5) is 11.4 Å². The van der Waals surface area contributed by atoms with E-state index < -0.39 is 4.92 Å². The third-order valence-electron chi connectivity index (χ3n) is 4.23. The van der Waals surface area contributed by atoms with Gasteiger partial charge in [0, 0.05) is 22.9 Å². The Bertz CT molecular complexity index is 1150. The molecule has 0 fully saturated rings.